The Bertz CT molecular complexity index is 1540. The molecule has 2 atom stereocenters. The van der Waals surface area contributed by atoms with Crippen molar-refractivity contribution in [2.24, 2.45) is 0 Å². The second kappa shape index (κ2) is 13.7. The van der Waals surface area contributed by atoms with Gasteiger partial charge in [0.25, 0.3) is 11.8 Å². The zero-order valence-electron chi connectivity index (χ0n) is 27.0. The van der Waals surface area contributed by atoms with Gasteiger partial charge in [-0.1, -0.05) is 30.3 Å². The first-order chi connectivity index (χ1) is 21.8. The highest BCUT2D eigenvalue weighted by Gasteiger charge is 2.31. The summed E-state index contributed by atoms with van der Waals surface area (Å²) in [7, 11) is 0. The Hall–Kier alpha value is -3.75. The molecule has 2 saturated heterocycles. The van der Waals surface area contributed by atoms with E-state index in [0.29, 0.717) is 18.2 Å². The number of nitrogen functional groups attached to an aromatic ring is 1. The Morgan fingerprint density at radius 1 is 0.844 bits per heavy atom. The van der Waals surface area contributed by atoms with Gasteiger partial charge in [-0.25, -0.2) is 4.98 Å². The number of carbonyl (C=O) groups excluding carboxylic acids is 2. The molecular weight excluding hydrogens is 562 g/mol. The molecule has 0 radical (unpaired) electrons. The number of likely N-dealkylation sites (tertiary alicyclic amines) is 2. The van der Waals surface area contributed by atoms with Gasteiger partial charge in [-0.2, -0.15) is 0 Å². The summed E-state index contributed by atoms with van der Waals surface area (Å²) >= 11 is 0. The Morgan fingerprint density at radius 2 is 1.62 bits per heavy atom. The number of hydrogen-bond donors (Lipinski definition) is 2. The summed E-state index contributed by atoms with van der Waals surface area (Å²) in [6.45, 7) is 10.7. The van der Waals surface area contributed by atoms with Crippen LogP contribution in [0.5, 0.6) is 0 Å². The number of nitrogens with zero attached hydrogens (tertiary/aromatic N) is 3. The van der Waals surface area contributed by atoms with E-state index in [2.05, 4.69) is 47.2 Å². The standard InChI is InChI=1S/C37H47N5O3/c1-24-9-10-27(19-25(24)2)23-45-34-8-6-7-33(34)40-36(43)32-21-29(22-39-35(32)38)28-11-12-31(26(3)20-28)37(44)42-17-13-30(14-18-42)41-15-4-5-16-41/h9-12,19-22,30,33-34H,4-8,13-18,23H2,1-3H3,(H2,38,39)(H,40,43)/t33-,34-/m0/s1. The third-order valence-corrected chi connectivity index (χ3v) is 10.2. The highest BCUT2D eigenvalue weighted by Crippen LogP contribution is 2.28. The molecule has 45 heavy (non-hydrogen) atoms. The van der Waals surface area contributed by atoms with E-state index in [1.165, 1.54) is 37.1 Å². The molecule has 8 nitrogen and oxygen atoms in total. The second-order valence-electron chi connectivity index (χ2n) is 13.2. The van der Waals surface area contributed by atoms with E-state index in [1.54, 1.807) is 12.3 Å². The summed E-state index contributed by atoms with van der Waals surface area (Å²) in [6.07, 6.45) is 9.09. The molecule has 1 saturated carbocycles. The first kappa shape index (κ1) is 31.2. The number of pyridine rings is 1. The fourth-order valence-electron chi connectivity index (χ4n) is 7.24. The Balaban J connectivity index is 1.09. The van der Waals surface area contributed by atoms with Gasteiger partial charge < -0.3 is 25.6 Å². The molecule has 3 aliphatic rings. The van der Waals surface area contributed by atoms with E-state index in [0.717, 1.165) is 73.0 Å². The van der Waals surface area contributed by atoms with Gasteiger partial charge in [0.2, 0.25) is 0 Å². The van der Waals surface area contributed by atoms with Crippen LogP contribution in [0.2, 0.25) is 0 Å². The molecule has 2 aromatic carbocycles. The van der Waals surface area contributed by atoms with Crippen molar-refractivity contribution in [1.29, 1.82) is 0 Å². The molecule has 0 bridgehead atoms. The van der Waals surface area contributed by atoms with E-state index in [-0.39, 0.29) is 29.8 Å². The van der Waals surface area contributed by atoms with Crippen LogP contribution in [-0.2, 0) is 11.3 Å². The number of nitrogens with one attached hydrogen (secondary N) is 1. The minimum Gasteiger partial charge on any atom is -0.383 e. The number of nitrogens with two attached hydrogens (primary N) is 1. The Kier molecular flexibility index (Phi) is 9.52. The van der Waals surface area contributed by atoms with Gasteiger partial charge in [0.1, 0.15) is 5.82 Å². The lowest BCUT2D eigenvalue weighted by molar-refractivity contribution is 0.0272. The van der Waals surface area contributed by atoms with Crippen LogP contribution in [0.25, 0.3) is 11.1 Å². The zero-order chi connectivity index (χ0) is 31.5. The van der Waals surface area contributed by atoms with Crippen molar-refractivity contribution >= 4 is 17.6 Å². The maximum atomic E-state index is 13.5. The summed E-state index contributed by atoms with van der Waals surface area (Å²) in [6, 6.07) is 14.6. The summed E-state index contributed by atoms with van der Waals surface area (Å²) in [5.74, 6) is 0.0531. The monoisotopic (exact) mass is 609 g/mol. The SMILES string of the molecule is Cc1ccc(CO[C@H]2CCC[C@@H]2NC(=O)c2cc(-c3ccc(C(=O)N4CCC(N5CCCC5)CC4)c(C)c3)cnc2N)cc1C. The van der Waals surface area contributed by atoms with Crippen LogP contribution in [0.3, 0.4) is 0 Å². The van der Waals surface area contributed by atoms with Gasteiger partial charge in [0.05, 0.1) is 24.3 Å². The number of ether oxygens (including phenoxy) is 1. The molecule has 8 heteroatoms. The van der Waals surface area contributed by atoms with Gasteiger partial charge in [-0.3, -0.25) is 9.59 Å². The van der Waals surface area contributed by atoms with Crippen molar-refractivity contribution in [3.8, 4) is 11.1 Å². The van der Waals surface area contributed by atoms with E-state index in [1.807, 2.05) is 30.0 Å². The molecule has 6 rings (SSSR count). The minimum absolute atomic E-state index is 0.0494. The van der Waals surface area contributed by atoms with Gasteiger partial charge in [-0.05, 0) is 119 Å². The topological polar surface area (TPSA) is 101 Å². The van der Waals surface area contributed by atoms with E-state index < -0.39 is 0 Å². The van der Waals surface area contributed by atoms with Crippen molar-refractivity contribution in [2.45, 2.75) is 90.5 Å². The molecule has 3 fully saturated rings. The smallest absolute Gasteiger partial charge is 0.255 e. The fourth-order valence-corrected chi connectivity index (χ4v) is 7.24. The summed E-state index contributed by atoms with van der Waals surface area (Å²) in [4.78, 5) is 35.9. The summed E-state index contributed by atoms with van der Waals surface area (Å²) < 4.78 is 6.28. The van der Waals surface area contributed by atoms with Crippen LogP contribution in [0.1, 0.15) is 87.9 Å². The molecule has 2 aliphatic heterocycles. The third kappa shape index (κ3) is 7.07. The van der Waals surface area contributed by atoms with Crippen molar-refractivity contribution in [3.63, 3.8) is 0 Å². The second-order valence-corrected chi connectivity index (χ2v) is 13.2. The minimum atomic E-state index is -0.241. The molecular formula is C37H47N5O3. The predicted molar refractivity (Wildman–Crippen MR) is 178 cm³/mol. The molecule has 2 amide bonds. The predicted octanol–water partition coefficient (Wildman–Crippen LogP) is 5.82. The number of amides is 2. The molecule has 0 unspecified atom stereocenters. The number of carbonyl (C=O) groups is 2. The van der Waals surface area contributed by atoms with Crippen molar-refractivity contribution < 1.29 is 14.3 Å². The molecule has 1 aromatic heterocycles. The van der Waals surface area contributed by atoms with Crippen molar-refractivity contribution in [2.75, 3.05) is 31.9 Å². The van der Waals surface area contributed by atoms with Crippen LogP contribution in [-0.4, -0.2) is 71.0 Å². The zero-order valence-corrected chi connectivity index (χ0v) is 27.0. The number of aromatic nitrogens is 1. The number of hydrogen-bond acceptors (Lipinski definition) is 6. The molecule has 238 valence electrons. The van der Waals surface area contributed by atoms with Crippen LogP contribution < -0.4 is 11.1 Å². The molecule has 3 aromatic rings. The molecule has 1 aliphatic carbocycles. The lowest BCUT2D eigenvalue weighted by atomic mass is 9.97. The van der Waals surface area contributed by atoms with Gasteiger partial charge in [0.15, 0.2) is 0 Å². The first-order valence-electron chi connectivity index (χ1n) is 16.7. The van der Waals surface area contributed by atoms with Crippen LogP contribution in [0.4, 0.5) is 5.82 Å². The van der Waals surface area contributed by atoms with Crippen molar-refractivity contribution in [1.82, 2.24) is 20.1 Å². The Labute approximate surface area is 267 Å². The lowest BCUT2D eigenvalue weighted by Gasteiger charge is -2.36. The average Bonchev–Trinajstić information content (AvgIpc) is 3.74. The van der Waals surface area contributed by atoms with E-state index in [4.69, 9.17) is 10.5 Å². The van der Waals surface area contributed by atoms with Gasteiger partial charge in [0, 0.05) is 36.5 Å². The maximum Gasteiger partial charge on any atom is 0.255 e. The van der Waals surface area contributed by atoms with Gasteiger partial charge >= 0.3 is 0 Å². The molecule has 0 spiro atoms. The highest BCUT2D eigenvalue weighted by atomic mass is 16.5. The van der Waals surface area contributed by atoms with E-state index >= 15 is 0 Å². The number of benzene rings is 2. The number of piperidine rings is 1. The fraction of sp³-hybridized carbons (Fsp3) is 0.486. The number of rotatable bonds is 8. The molecule has 3 heterocycles. The third-order valence-electron chi connectivity index (χ3n) is 10.2. The highest BCUT2D eigenvalue weighted by molar-refractivity contribution is 6.00. The quantitative estimate of drug-likeness (QED) is 0.334. The first-order valence-corrected chi connectivity index (χ1v) is 16.7. The number of aryl methyl sites for hydroxylation is 3. The summed E-state index contributed by atoms with van der Waals surface area (Å²) in [5.41, 5.74) is 13.5. The van der Waals surface area contributed by atoms with E-state index in [9.17, 15) is 9.59 Å². The normalized spacial score (nSPS) is 20.9. The van der Waals surface area contributed by atoms with Crippen LogP contribution in [0.15, 0.2) is 48.7 Å². The molecule has 3 N–H and O–H groups in total. The van der Waals surface area contributed by atoms with Crippen molar-refractivity contribution in [3.05, 3.63) is 82.0 Å². The largest absolute Gasteiger partial charge is 0.383 e. The average molecular weight is 610 g/mol. The van der Waals surface area contributed by atoms with Crippen LogP contribution >= 0.6 is 0 Å². The van der Waals surface area contributed by atoms with Gasteiger partial charge in [-0.15, -0.1) is 0 Å². The Morgan fingerprint density at radius 3 is 2.36 bits per heavy atom. The van der Waals surface area contributed by atoms with Crippen LogP contribution in [0, 0.1) is 20.8 Å². The maximum absolute atomic E-state index is 13.5. The summed E-state index contributed by atoms with van der Waals surface area (Å²) in [5, 5.41) is 3.18. The number of anilines is 1. The lowest BCUT2D eigenvalue weighted by Crippen LogP contribution is -2.46.